The van der Waals surface area contributed by atoms with E-state index >= 15 is 0 Å². The molecule has 0 spiro atoms. The van der Waals surface area contributed by atoms with Crippen molar-refractivity contribution in [1.82, 2.24) is 0 Å². The van der Waals surface area contributed by atoms with Gasteiger partial charge in [0.2, 0.25) is 0 Å². The van der Waals surface area contributed by atoms with Crippen molar-refractivity contribution in [3.8, 4) is 0 Å². The Balaban J connectivity index is 1.89. The Labute approximate surface area is 107 Å². The van der Waals surface area contributed by atoms with Crippen LogP contribution >= 0.6 is 0 Å². The molecule has 1 aliphatic rings. The predicted molar refractivity (Wildman–Crippen MR) is 70.5 cm³/mol. The van der Waals surface area contributed by atoms with Crippen LogP contribution in [0.2, 0.25) is 0 Å². The lowest BCUT2D eigenvalue weighted by molar-refractivity contribution is 0.188. The first-order valence-corrected chi connectivity index (χ1v) is 6.57. The molecule has 1 aliphatic carbocycles. The van der Waals surface area contributed by atoms with Gasteiger partial charge in [-0.05, 0) is 48.4 Å². The quantitative estimate of drug-likeness (QED) is 0.884. The molecule has 1 saturated carbocycles. The van der Waals surface area contributed by atoms with Gasteiger partial charge >= 0.3 is 0 Å². The van der Waals surface area contributed by atoms with Gasteiger partial charge in [-0.25, -0.2) is 0 Å². The summed E-state index contributed by atoms with van der Waals surface area (Å²) in [4.78, 5) is 0. The van der Waals surface area contributed by atoms with Crippen LogP contribution in [-0.2, 0) is 0 Å². The molecule has 0 bridgehead atoms. The van der Waals surface area contributed by atoms with Gasteiger partial charge < -0.3 is 9.52 Å². The van der Waals surface area contributed by atoms with Crippen molar-refractivity contribution < 1.29 is 9.52 Å². The fourth-order valence-corrected chi connectivity index (χ4v) is 2.54. The summed E-state index contributed by atoms with van der Waals surface area (Å²) in [5.74, 6) is 1.34. The van der Waals surface area contributed by atoms with E-state index in [1.54, 1.807) is 6.26 Å². The molecule has 1 fully saturated rings. The van der Waals surface area contributed by atoms with E-state index < -0.39 is 6.10 Å². The maximum absolute atomic E-state index is 10.4. The zero-order chi connectivity index (χ0) is 12.5. The van der Waals surface area contributed by atoms with E-state index in [0.717, 1.165) is 11.1 Å². The lowest BCUT2D eigenvalue weighted by atomic mass is 9.79. The topological polar surface area (TPSA) is 33.4 Å². The van der Waals surface area contributed by atoms with Gasteiger partial charge in [-0.2, -0.15) is 0 Å². The van der Waals surface area contributed by atoms with Crippen LogP contribution in [0.4, 0.5) is 0 Å². The minimum absolute atomic E-state index is 0.653. The van der Waals surface area contributed by atoms with Crippen molar-refractivity contribution in [3.05, 3.63) is 59.0 Å². The van der Waals surface area contributed by atoms with Crippen molar-refractivity contribution in [2.45, 2.75) is 38.2 Å². The summed E-state index contributed by atoms with van der Waals surface area (Å²) in [5, 5.41) is 10.4. The fraction of sp³-hybridized carbons (Fsp3) is 0.375. The second-order valence-electron chi connectivity index (χ2n) is 5.17. The molecular formula is C16H18O2. The van der Waals surface area contributed by atoms with E-state index in [2.05, 4.69) is 12.1 Å². The van der Waals surface area contributed by atoms with E-state index in [-0.39, 0.29) is 0 Å². The summed E-state index contributed by atoms with van der Waals surface area (Å²) in [6.07, 6.45) is 4.86. The highest BCUT2D eigenvalue weighted by Gasteiger charge is 2.21. The summed E-state index contributed by atoms with van der Waals surface area (Å²) in [5.41, 5.74) is 3.27. The Kier molecular flexibility index (Phi) is 2.96. The Hall–Kier alpha value is -1.54. The molecule has 18 heavy (non-hydrogen) atoms. The number of aryl methyl sites for hydroxylation is 1. The van der Waals surface area contributed by atoms with Crippen LogP contribution in [0.3, 0.4) is 0 Å². The smallest absolute Gasteiger partial charge is 0.139 e. The number of rotatable bonds is 3. The third-order valence-electron chi connectivity index (χ3n) is 3.95. The Morgan fingerprint density at radius 2 is 2.11 bits per heavy atom. The molecule has 2 heteroatoms. The Morgan fingerprint density at radius 1 is 1.28 bits per heavy atom. The Bertz CT molecular complexity index is 538. The van der Waals surface area contributed by atoms with Crippen LogP contribution in [0.1, 0.15) is 53.7 Å². The van der Waals surface area contributed by atoms with Crippen molar-refractivity contribution in [3.63, 3.8) is 0 Å². The molecule has 1 unspecified atom stereocenters. The number of hydrogen-bond acceptors (Lipinski definition) is 2. The van der Waals surface area contributed by atoms with Gasteiger partial charge in [0.25, 0.3) is 0 Å². The van der Waals surface area contributed by atoms with Crippen molar-refractivity contribution in [2.24, 2.45) is 0 Å². The van der Waals surface area contributed by atoms with Crippen LogP contribution in [0.25, 0.3) is 0 Å². The molecule has 0 radical (unpaired) electrons. The highest BCUT2D eigenvalue weighted by molar-refractivity contribution is 5.33. The normalized spacial score (nSPS) is 17.4. The van der Waals surface area contributed by atoms with Crippen molar-refractivity contribution in [1.29, 1.82) is 0 Å². The molecule has 1 heterocycles. The maximum Gasteiger partial charge on any atom is 0.139 e. The van der Waals surface area contributed by atoms with Gasteiger partial charge in [0.1, 0.15) is 11.9 Å². The predicted octanol–water partition coefficient (Wildman–Crippen LogP) is 3.94. The van der Waals surface area contributed by atoms with Crippen molar-refractivity contribution >= 4 is 0 Å². The third-order valence-corrected chi connectivity index (χ3v) is 3.95. The molecule has 2 nitrogen and oxygen atoms in total. The average molecular weight is 242 g/mol. The highest BCUT2D eigenvalue weighted by Crippen LogP contribution is 2.37. The first kappa shape index (κ1) is 11.5. The number of benzene rings is 1. The van der Waals surface area contributed by atoms with E-state index in [9.17, 15) is 5.11 Å². The van der Waals surface area contributed by atoms with E-state index in [1.165, 1.54) is 24.8 Å². The second kappa shape index (κ2) is 4.62. The first-order chi connectivity index (χ1) is 8.75. The minimum Gasteiger partial charge on any atom is -0.466 e. The number of aliphatic hydroxyl groups excluding tert-OH is 1. The second-order valence-corrected chi connectivity index (χ2v) is 5.17. The third kappa shape index (κ3) is 1.97. The fourth-order valence-electron chi connectivity index (χ4n) is 2.54. The highest BCUT2D eigenvalue weighted by atomic mass is 16.4. The van der Waals surface area contributed by atoms with Gasteiger partial charge in [-0.3, -0.25) is 0 Å². The zero-order valence-corrected chi connectivity index (χ0v) is 10.6. The number of hydrogen-bond donors (Lipinski definition) is 1. The molecular weight excluding hydrogens is 224 g/mol. The zero-order valence-electron chi connectivity index (χ0n) is 10.6. The number of furan rings is 1. The van der Waals surface area contributed by atoms with Gasteiger partial charge in [0.05, 0.1) is 6.26 Å². The summed E-state index contributed by atoms with van der Waals surface area (Å²) in [7, 11) is 0. The van der Waals surface area contributed by atoms with E-state index in [0.29, 0.717) is 11.7 Å². The van der Waals surface area contributed by atoms with Crippen LogP contribution < -0.4 is 0 Å². The molecule has 0 amide bonds. The van der Waals surface area contributed by atoms with Gasteiger partial charge in [-0.1, -0.05) is 30.7 Å². The van der Waals surface area contributed by atoms with Crippen LogP contribution in [0, 0.1) is 6.92 Å². The summed E-state index contributed by atoms with van der Waals surface area (Å²) in [6.45, 7) is 1.96. The molecule has 1 atom stereocenters. The largest absolute Gasteiger partial charge is 0.466 e. The molecule has 94 valence electrons. The SMILES string of the molecule is Cc1ccoc1C(O)c1cccc(C2CCC2)c1. The van der Waals surface area contributed by atoms with Crippen molar-refractivity contribution in [2.75, 3.05) is 0 Å². The molecule has 1 aromatic heterocycles. The first-order valence-electron chi connectivity index (χ1n) is 6.57. The molecule has 1 N–H and O–H groups in total. The monoisotopic (exact) mass is 242 g/mol. The standard InChI is InChI=1S/C16H18O2/c1-11-8-9-18-16(11)15(17)14-7-3-6-13(10-14)12-4-2-5-12/h3,6-10,12,15,17H,2,4-5H2,1H3. The molecule has 0 aliphatic heterocycles. The lowest BCUT2D eigenvalue weighted by Gasteiger charge is -2.26. The maximum atomic E-state index is 10.4. The average Bonchev–Trinajstić information content (AvgIpc) is 2.73. The van der Waals surface area contributed by atoms with E-state index in [1.807, 2.05) is 25.1 Å². The molecule has 0 saturated heterocycles. The van der Waals surface area contributed by atoms with E-state index in [4.69, 9.17) is 4.42 Å². The molecule has 1 aromatic carbocycles. The van der Waals surface area contributed by atoms with Gasteiger partial charge in [0, 0.05) is 0 Å². The van der Waals surface area contributed by atoms with Crippen LogP contribution in [0.5, 0.6) is 0 Å². The Morgan fingerprint density at radius 3 is 2.72 bits per heavy atom. The minimum atomic E-state index is -0.653. The number of aliphatic hydroxyl groups is 1. The summed E-state index contributed by atoms with van der Waals surface area (Å²) in [6, 6.07) is 10.2. The summed E-state index contributed by atoms with van der Waals surface area (Å²) >= 11 is 0. The van der Waals surface area contributed by atoms with Crippen LogP contribution in [-0.4, -0.2) is 5.11 Å². The molecule has 3 rings (SSSR count). The van der Waals surface area contributed by atoms with Gasteiger partial charge in [-0.15, -0.1) is 0 Å². The molecule has 2 aromatic rings. The van der Waals surface area contributed by atoms with Gasteiger partial charge in [0.15, 0.2) is 0 Å². The van der Waals surface area contributed by atoms with Crippen LogP contribution in [0.15, 0.2) is 41.0 Å². The lowest BCUT2D eigenvalue weighted by Crippen LogP contribution is -2.09. The summed E-state index contributed by atoms with van der Waals surface area (Å²) < 4.78 is 5.37.